The maximum atomic E-state index is 12.5. The fraction of sp³-hybridized carbons (Fsp3) is 0.300. The van der Waals surface area contributed by atoms with Gasteiger partial charge in [0.2, 0.25) is 0 Å². The lowest BCUT2D eigenvalue weighted by atomic mass is 10.2. The predicted octanol–water partition coefficient (Wildman–Crippen LogP) is 2.29. The van der Waals surface area contributed by atoms with E-state index in [9.17, 15) is 27.6 Å². The first kappa shape index (κ1) is 20.6. The van der Waals surface area contributed by atoms with Gasteiger partial charge in [-0.1, -0.05) is 12.1 Å². The molecule has 1 aliphatic rings. The number of aromatic nitrogens is 3. The zero-order valence-electron chi connectivity index (χ0n) is 16.0. The molecule has 1 aliphatic carbocycles. The van der Waals surface area contributed by atoms with E-state index in [1.54, 1.807) is 0 Å². The number of fused-ring (bicyclic) bond motifs is 1. The Morgan fingerprint density at radius 3 is 2.58 bits per heavy atom. The molecular weight excluding hydrogens is 417 g/mol. The molecule has 1 amide bonds. The SMILES string of the molecule is O=C(NCc1ccc(OCC(F)(F)F)cc1)c1cnc2c(c1)c(=O)[nH]c(=O)n2C1CC1. The molecule has 0 spiro atoms. The Kier molecular flexibility index (Phi) is 5.25. The van der Waals surface area contributed by atoms with Gasteiger partial charge in [-0.3, -0.25) is 19.1 Å². The maximum absolute atomic E-state index is 12.5. The van der Waals surface area contributed by atoms with Crippen molar-refractivity contribution < 1.29 is 22.7 Å². The average Bonchev–Trinajstić information content (AvgIpc) is 3.55. The number of amides is 1. The summed E-state index contributed by atoms with van der Waals surface area (Å²) in [7, 11) is 0. The number of benzene rings is 1. The summed E-state index contributed by atoms with van der Waals surface area (Å²) in [4.78, 5) is 43.1. The molecule has 3 aromatic rings. The van der Waals surface area contributed by atoms with Crippen LogP contribution in [0.2, 0.25) is 0 Å². The van der Waals surface area contributed by atoms with Gasteiger partial charge < -0.3 is 10.1 Å². The maximum Gasteiger partial charge on any atom is 0.422 e. The third-order valence-corrected chi connectivity index (χ3v) is 4.73. The second-order valence-corrected chi connectivity index (χ2v) is 7.19. The lowest BCUT2D eigenvalue weighted by Crippen LogP contribution is -2.31. The highest BCUT2D eigenvalue weighted by molar-refractivity contribution is 5.96. The summed E-state index contributed by atoms with van der Waals surface area (Å²) < 4.78 is 42.6. The number of nitrogens with zero attached hydrogens (tertiary/aromatic N) is 2. The Hall–Kier alpha value is -3.63. The lowest BCUT2D eigenvalue weighted by molar-refractivity contribution is -0.153. The van der Waals surface area contributed by atoms with E-state index < -0.39 is 29.9 Å². The molecule has 2 N–H and O–H groups in total. The molecule has 11 heteroatoms. The summed E-state index contributed by atoms with van der Waals surface area (Å²) in [6, 6.07) is 7.20. The third-order valence-electron chi connectivity index (χ3n) is 4.73. The van der Waals surface area contributed by atoms with E-state index in [-0.39, 0.29) is 34.9 Å². The van der Waals surface area contributed by atoms with Gasteiger partial charge in [-0.05, 0) is 36.6 Å². The van der Waals surface area contributed by atoms with Gasteiger partial charge >= 0.3 is 11.9 Å². The number of halogens is 3. The van der Waals surface area contributed by atoms with Crippen LogP contribution in [0.1, 0.15) is 34.8 Å². The van der Waals surface area contributed by atoms with Crippen molar-refractivity contribution in [1.82, 2.24) is 19.9 Å². The fourth-order valence-corrected chi connectivity index (χ4v) is 3.09. The molecule has 0 saturated heterocycles. The lowest BCUT2D eigenvalue weighted by Gasteiger charge is -2.10. The molecule has 0 unspecified atom stereocenters. The number of nitrogens with one attached hydrogen (secondary N) is 2. The summed E-state index contributed by atoms with van der Waals surface area (Å²) in [5, 5.41) is 2.80. The Morgan fingerprint density at radius 1 is 1.23 bits per heavy atom. The highest BCUT2D eigenvalue weighted by Crippen LogP contribution is 2.34. The van der Waals surface area contributed by atoms with Crippen LogP contribution in [0.15, 0.2) is 46.1 Å². The quantitative estimate of drug-likeness (QED) is 0.619. The summed E-state index contributed by atoms with van der Waals surface area (Å²) >= 11 is 0. The molecular formula is C20H17F3N4O4. The number of rotatable bonds is 6. The first-order valence-electron chi connectivity index (χ1n) is 9.42. The third kappa shape index (κ3) is 4.76. The average molecular weight is 434 g/mol. The van der Waals surface area contributed by atoms with Gasteiger partial charge in [0, 0.05) is 18.8 Å². The van der Waals surface area contributed by atoms with Crippen LogP contribution in [0, 0.1) is 0 Å². The molecule has 31 heavy (non-hydrogen) atoms. The van der Waals surface area contributed by atoms with Crippen LogP contribution in [0.4, 0.5) is 13.2 Å². The van der Waals surface area contributed by atoms with Gasteiger partial charge in [0.05, 0.1) is 10.9 Å². The van der Waals surface area contributed by atoms with Crippen molar-refractivity contribution in [3.8, 4) is 5.75 Å². The number of pyridine rings is 1. The van der Waals surface area contributed by atoms with Crippen LogP contribution >= 0.6 is 0 Å². The van der Waals surface area contributed by atoms with E-state index in [0.717, 1.165) is 12.8 Å². The summed E-state index contributed by atoms with van der Waals surface area (Å²) in [5.74, 6) is -0.428. The topological polar surface area (TPSA) is 106 Å². The Bertz CT molecular complexity index is 1240. The standard InChI is InChI=1S/C20H17F3N4O4/c21-20(22,23)10-31-14-5-1-11(2-6-14)8-25-17(28)12-7-15-16(24-9-12)27(13-3-4-13)19(30)26-18(15)29/h1-2,5-7,9,13H,3-4,8,10H2,(H,25,28)(H,26,29,30). The molecule has 4 rings (SSSR count). The minimum Gasteiger partial charge on any atom is -0.484 e. The van der Waals surface area contributed by atoms with Crippen molar-refractivity contribution in [2.75, 3.05) is 6.61 Å². The van der Waals surface area contributed by atoms with Gasteiger partial charge in [-0.2, -0.15) is 13.2 Å². The van der Waals surface area contributed by atoms with Gasteiger partial charge in [0.15, 0.2) is 6.61 Å². The second-order valence-electron chi connectivity index (χ2n) is 7.19. The van der Waals surface area contributed by atoms with E-state index in [1.165, 1.54) is 41.1 Å². The monoisotopic (exact) mass is 434 g/mol. The number of aromatic amines is 1. The van der Waals surface area contributed by atoms with Crippen LogP contribution in [-0.4, -0.2) is 33.2 Å². The Morgan fingerprint density at radius 2 is 1.94 bits per heavy atom. The molecule has 1 saturated carbocycles. The zero-order chi connectivity index (χ0) is 22.2. The number of hydrogen-bond acceptors (Lipinski definition) is 5. The fourth-order valence-electron chi connectivity index (χ4n) is 3.09. The Balaban J connectivity index is 1.45. The summed E-state index contributed by atoms with van der Waals surface area (Å²) in [6.07, 6.45) is -1.48. The van der Waals surface area contributed by atoms with Gasteiger partial charge in [0.1, 0.15) is 11.4 Å². The highest BCUT2D eigenvalue weighted by atomic mass is 19.4. The van der Waals surface area contributed by atoms with Gasteiger partial charge in [0.25, 0.3) is 11.5 Å². The van der Waals surface area contributed by atoms with Crippen LogP contribution in [0.25, 0.3) is 11.0 Å². The molecule has 8 nitrogen and oxygen atoms in total. The van der Waals surface area contributed by atoms with Crippen LogP contribution in [0.5, 0.6) is 5.75 Å². The van der Waals surface area contributed by atoms with Crippen molar-refractivity contribution in [2.24, 2.45) is 0 Å². The minimum absolute atomic E-state index is 0.00195. The first-order chi connectivity index (χ1) is 14.7. The number of H-pyrrole nitrogens is 1. The van der Waals surface area contributed by atoms with E-state index in [0.29, 0.717) is 5.56 Å². The minimum atomic E-state index is -4.42. The smallest absolute Gasteiger partial charge is 0.422 e. The van der Waals surface area contributed by atoms with Crippen LogP contribution in [0.3, 0.4) is 0 Å². The van der Waals surface area contributed by atoms with E-state index in [4.69, 9.17) is 0 Å². The molecule has 1 fully saturated rings. The molecule has 2 aromatic heterocycles. The van der Waals surface area contributed by atoms with E-state index in [1.807, 2.05) is 0 Å². The number of hydrogen-bond donors (Lipinski definition) is 2. The molecule has 0 bridgehead atoms. The normalized spacial score (nSPS) is 13.9. The predicted molar refractivity (Wildman–Crippen MR) is 104 cm³/mol. The van der Waals surface area contributed by atoms with Crippen LogP contribution in [-0.2, 0) is 6.54 Å². The second kappa shape index (κ2) is 7.89. The summed E-state index contributed by atoms with van der Waals surface area (Å²) in [5.41, 5.74) is -0.117. The van der Waals surface area contributed by atoms with E-state index >= 15 is 0 Å². The van der Waals surface area contributed by atoms with Crippen molar-refractivity contribution in [2.45, 2.75) is 31.6 Å². The summed E-state index contributed by atoms with van der Waals surface area (Å²) in [6.45, 7) is -1.28. The number of alkyl halides is 3. The number of carbonyl (C=O) groups excluding carboxylic acids is 1. The molecule has 1 aromatic carbocycles. The Labute approximate surface area is 172 Å². The van der Waals surface area contributed by atoms with Crippen molar-refractivity contribution in [3.63, 3.8) is 0 Å². The zero-order valence-corrected chi connectivity index (χ0v) is 16.0. The molecule has 0 atom stereocenters. The van der Waals surface area contributed by atoms with E-state index in [2.05, 4.69) is 20.0 Å². The molecule has 2 heterocycles. The number of ether oxygens (including phenoxy) is 1. The van der Waals surface area contributed by atoms with Gasteiger partial charge in [-0.15, -0.1) is 0 Å². The largest absolute Gasteiger partial charge is 0.484 e. The molecule has 0 aliphatic heterocycles. The van der Waals surface area contributed by atoms with Crippen molar-refractivity contribution >= 4 is 16.9 Å². The molecule has 162 valence electrons. The van der Waals surface area contributed by atoms with Gasteiger partial charge in [-0.25, -0.2) is 9.78 Å². The molecule has 0 radical (unpaired) electrons. The number of carbonyl (C=O) groups is 1. The van der Waals surface area contributed by atoms with Crippen molar-refractivity contribution in [3.05, 3.63) is 68.5 Å². The first-order valence-corrected chi connectivity index (χ1v) is 9.42. The van der Waals surface area contributed by atoms with Crippen molar-refractivity contribution in [1.29, 1.82) is 0 Å². The van der Waals surface area contributed by atoms with Crippen LogP contribution < -0.4 is 21.3 Å². The highest BCUT2D eigenvalue weighted by Gasteiger charge is 2.29.